The topological polar surface area (TPSA) is 55.4 Å². The van der Waals surface area contributed by atoms with E-state index in [2.05, 4.69) is 57.3 Å². The van der Waals surface area contributed by atoms with E-state index >= 15 is 0 Å². The number of allylic oxidation sites excluding steroid dienone is 2. The van der Waals surface area contributed by atoms with Gasteiger partial charge in [-0.2, -0.15) is 0 Å². The molecule has 4 nitrogen and oxygen atoms in total. The van der Waals surface area contributed by atoms with Crippen LogP contribution < -0.4 is 10.1 Å². The van der Waals surface area contributed by atoms with Gasteiger partial charge in [-0.15, -0.1) is 0 Å². The summed E-state index contributed by atoms with van der Waals surface area (Å²) in [4.78, 5) is 26.2. The van der Waals surface area contributed by atoms with Crippen LogP contribution in [0.3, 0.4) is 0 Å². The first-order valence-corrected chi connectivity index (χ1v) is 12.1. The molecule has 1 heterocycles. The maximum Gasteiger partial charge on any atom is 0.225 e. The molecule has 174 valence electrons. The van der Waals surface area contributed by atoms with Gasteiger partial charge in [0.2, 0.25) is 5.91 Å². The Balaban J connectivity index is 1.66. The molecule has 0 radical (unpaired) electrons. The molecule has 0 fully saturated rings. The van der Waals surface area contributed by atoms with Gasteiger partial charge < -0.3 is 10.1 Å². The van der Waals surface area contributed by atoms with Gasteiger partial charge in [-0.3, -0.25) is 9.59 Å². The molecule has 0 saturated heterocycles. The molecule has 3 atom stereocenters. The molecule has 4 heteroatoms. The fraction of sp³-hybridized carbons (Fsp3) is 0.448. The second-order valence-electron chi connectivity index (χ2n) is 10.5. The standard InChI is InChI=1S/C29H35NO3/c1-6-18(2)33-26-10-8-7-9-22(26)23-17-27(32)30-24-15-20(16-25(31)28(23)24)19-11-13-21(14-12-19)29(3,4)5/h7-14,18,20,23H,6,15-17H2,1-5H3,(H,30,32). The van der Waals surface area contributed by atoms with Crippen LogP contribution in [0, 0.1) is 0 Å². The van der Waals surface area contributed by atoms with Crippen molar-refractivity contribution >= 4 is 11.7 Å². The van der Waals surface area contributed by atoms with Crippen LogP contribution in [0.4, 0.5) is 0 Å². The second-order valence-corrected chi connectivity index (χ2v) is 10.5. The highest BCUT2D eigenvalue weighted by Crippen LogP contribution is 2.45. The van der Waals surface area contributed by atoms with Gasteiger partial charge in [-0.05, 0) is 48.3 Å². The van der Waals surface area contributed by atoms with Gasteiger partial charge in [0.1, 0.15) is 5.75 Å². The van der Waals surface area contributed by atoms with Gasteiger partial charge in [0.15, 0.2) is 5.78 Å². The van der Waals surface area contributed by atoms with Crippen LogP contribution in [-0.4, -0.2) is 17.8 Å². The number of Topliss-reactive ketones (excluding diaryl/α,β-unsaturated/α-hetero) is 1. The number of hydrogen-bond acceptors (Lipinski definition) is 3. The third kappa shape index (κ3) is 4.90. The van der Waals surface area contributed by atoms with Crippen molar-refractivity contribution < 1.29 is 14.3 Å². The van der Waals surface area contributed by atoms with E-state index in [1.54, 1.807) is 0 Å². The highest BCUT2D eigenvalue weighted by Gasteiger charge is 2.39. The number of para-hydroxylation sites is 1. The van der Waals surface area contributed by atoms with Crippen molar-refractivity contribution in [3.05, 3.63) is 76.5 Å². The lowest BCUT2D eigenvalue weighted by molar-refractivity contribution is -0.122. The lowest BCUT2D eigenvalue weighted by Crippen LogP contribution is -2.38. The van der Waals surface area contributed by atoms with Crippen LogP contribution in [-0.2, 0) is 15.0 Å². The SMILES string of the molecule is CCC(C)Oc1ccccc1C1CC(=O)NC2=C1C(=O)CC(c1ccc(C(C)(C)C)cc1)C2. The summed E-state index contributed by atoms with van der Waals surface area (Å²) in [5.74, 6) is 0.686. The molecule has 2 aromatic rings. The van der Waals surface area contributed by atoms with E-state index in [9.17, 15) is 9.59 Å². The summed E-state index contributed by atoms with van der Waals surface area (Å²) in [6.07, 6.45) is 2.37. The number of nitrogens with one attached hydrogen (secondary N) is 1. The fourth-order valence-corrected chi connectivity index (χ4v) is 4.89. The zero-order valence-electron chi connectivity index (χ0n) is 20.4. The monoisotopic (exact) mass is 445 g/mol. The van der Waals surface area contributed by atoms with Gasteiger partial charge in [0, 0.05) is 35.6 Å². The Hall–Kier alpha value is -2.88. The van der Waals surface area contributed by atoms with Crippen LogP contribution in [0.15, 0.2) is 59.8 Å². The quantitative estimate of drug-likeness (QED) is 0.599. The van der Waals surface area contributed by atoms with Crippen LogP contribution in [0.2, 0.25) is 0 Å². The molecule has 1 aliphatic heterocycles. The van der Waals surface area contributed by atoms with Crippen molar-refractivity contribution in [1.29, 1.82) is 0 Å². The van der Waals surface area contributed by atoms with E-state index in [1.165, 1.54) is 5.56 Å². The van der Waals surface area contributed by atoms with Gasteiger partial charge >= 0.3 is 0 Å². The molecule has 3 unspecified atom stereocenters. The summed E-state index contributed by atoms with van der Waals surface area (Å²) >= 11 is 0. The predicted octanol–water partition coefficient (Wildman–Crippen LogP) is 6.17. The van der Waals surface area contributed by atoms with Crippen LogP contribution in [0.5, 0.6) is 5.75 Å². The number of carbonyl (C=O) groups excluding carboxylic acids is 2. The van der Waals surface area contributed by atoms with Crippen LogP contribution >= 0.6 is 0 Å². The van der Waals surface area contributed by atoms with Crippen molar-refractivity contribution in [1.82, 2.24) is 5.32 Å². The summed E-state index contributed by atoms with van der Waals surface area (Å²) in [7, 11) is 0. The Kier molecular flexibility index (Phi) is 6.47. The smallest absolute Gasteiger partial charge is 0.225 e. The summed E-state index contributed by atoms with van der Waals surface area (Å²) in [5.41, 5.74) is 5.00. The Bertz CT molecular complexity index is 1070. The third-order valence-corrected chi connectivity index (χ3v) is 6.98. The van der Waals surface area contributed by atoms with Crippen molar-refractivity contribution in [2.24, 2.45) is 0 Å². The summed E-state index contributed by atoms with van der Waals surface area (Å²) in [6, 6.07) is 16.4. The molecule has 33 heavy (non-hydrogen) atoms. The van der Waals surface area contributed by atoms with Crippen molar-refractivity contribution in [2.75, 3.05) is 0 Å². The lowest BCUT2D eigenvalue weighted by Gasteiger charge is -2.35. The van der Waals surface area contributed by atoms with Crippen LogP contribution in [0.1, 0.15) is 88.8 Å². The molecule has 0 saturated carbocycles. The average molecular weight is 446 g/mol. The Labute approximate surface area is 197 Å². The fourth-order valence-electron chi connectivity index (χ4n) is 4.89. The summed E-state index contributed by atoms with van der Waals surface area (Å²) < 4.78 is 6.16. The molecule has 0 bridgehead atoms. The molecular formula is C29H35NO3. The van der Waals surface area contributed by atoms with E-state index in [4.69, 9.17) is 4.74 Å². The molecule has 0 spiro atoms. The maximum atomic E-state index is 13.5. The number of benzene rings is 2. The maximum absolute atomic E-state index is 13.5. The molecule has 1 amide bonds. The highest BCUT2D eigenvalue weighted by atomic mass is 16.5. The Morgan fingerprint density at radius 2 is 1.70 bits per heavy atom. The van der Waals surface area contributed by atoms with Crippen molar-refractivity contribution in [3.8, 4) is 5.75 Å². The first-order valence-electron chi connectivity index (χ1n) is 12.1. The van der Waals surface area contributed by atoms with E-state index < -0.39 is 0 Å². The highest BCUT2D eigenvalue weighted by molar-refractivity contribution is 6.02. The molecule has 4 rings (SSSR count). The minimum Gasteiger partial charge on any atom is -0.490 e. The van der Waals surface area contributed by atoms with Gasteiger partial charge in [0.25, 0.3) is 0 Å². The minimum absolute atomic E-state index is 0.0337. The zero-order valence-corrected chi connectivity index (χ0v) is 20.4. The lowest BCUT2D eigenvalue weighted by atomic mass is 9.73. The predicted molar refractivity (Wildman–Crippen MR) is 131 cm³/mol. The molecule has 1 N–H and O–H groups in total. The zero-order chi connectivity index (χ0) is 23.8. The molecule has 2 aliphatic rings. The Morgan fingerprint density at radius 3 is 2.36 bits per heavy atom. The van der Waals surface area contributed by atoms with Gasteiger partial charge in [0.05, 0.1) is 6.10 Å². The number of hydrogen-bond donors (Lipinski definition) is 1. The molecule has 1 aliphatic carbocycles. The number of carbonyl (C=O) groups is 2. The first kappa shape index (κ1) is 23.3. The Morgan fingerprint density at radius 1 is 1.00 bits per heavy atom. The normalized spacial score (nSPS) is 22.0. The molecule has 2 aromatic carbocycles. The number of amides is 1. The van der Waals surface area contributed by atoms with Crippen LogP contribution in [0.25, 0.3) is 0 Å². The van der Waals surface area contributed by atoms with Gasteiger partial charge in [-0.25, -0.2) is 0 Å². The number of ether oxygens (including phenoxy) is 1. The summed E-state index contributed by atoms with van der Waals surface area (Å²) in [5, 5.41) is 3.03. The van der Waals surface area contributed by atoms with E-state index in [-0.39, 0.29) is 41.5 Å². The van der Waals surface area contributed by atoms with Gasteiger partial charge in [-0.1, -0.05) is 70.2 Å². The molecular weight excluding hydrogens is 410 g/mol. The van der Waals surface area contributed by atoms with Crippen molar-refractivity contribution in [3.63, 3.8) is 0 Å². The first-order chi connectivity index (χ1) is 15.7. The van der Waals surface area contributed by atoms with Crippen molar-refractivity contribution in [2.45, 2.75) is 83.7 Å². The second kappa shape index (κ2) is 9.17. The average Bonchev–Trinajstić information content (AvgIpc) is 2.78. The van der Waals surface area contributed by atoms with E-state index in [0.29, 0.717) is 12.8 Å². The molecule has 0 aromatic heterocycles. The largest absolute Gasteiger partial charge is 0.490 e. The van der Waals surface area contributed by atoms with E-state index in [0.717, 1.165) is 34.6 Å². The number of ketones is 1. The van der Waals surface area contributed by atoms with E-state index in [1.807, 2.05) is 31.2 Å². The number of rotatable bonds is 5. The summed E-state index contributed by atoms with van der Waals surface area (Å²) in [6.45, 7) is 10.7. The third-order valence-electron chi connectivity index (χ3n) is 6.98. The minimum atomic E-state index is -0.259.